The van der Waals surface area contributed by atoms with Crippen molar-refractivity contribution < 1.29 is 9.63 Å². The van der Waals surface area contributed by atoms with Crippen LogP contribution >= 0.6 is 0 Å². The van der Waals surface area contributed by atoms with Gasteiger partial charge in [-0.15, -0.1) is 0 Å². The molecule has 0 fully saturated rings. The predicted molar refractivity (Wildman–Crippen MR) is 75.0 cm³/mol. The third-order valence-corrected chi connectivity index (χ3v) is 3.10. The highest BCUT2D eigenvalue weighted by Gasteiger charge is 2.18. The van der Waals surface area contributed by atoms with Crippen molar-refractivity contribution in [3.8, 4) is 11.4 Å². The fourth-order valence-corrected chi connectivity index (χ4v) is 1.94. The number of aliphatic hydroxyl groups is 1. The Bertz CT molecular complexity index is 690. The summed E-state index contributed by atoms with van der Waals surface area (Å²) < 4.78 is 5.15. The molecular weight excluding hydrogens is 252 g/mol. The van der Waals surface area contributed by atoms with E-state index in [9.17, 15) is 5.11 Å². The molecular formula is C16H14N2O2. The van der Waals surface area contributed by atoms with Gasteiger partial charge in [-0.2, -0.15) is 4.98 Å². The molecule has 0 bridgehead atoms. The predicted octanol–water partition coefficient (Wildman–Crippen LogP) is 3.13. The summed E-state index contributed by atoms with van der Waals surface area (Å²) in [6.45, 7) is 2.00. The molecule has 0 saturated heterocycles. The summed E-state index contributed by atoms with van der Waals surface area (Å²) >= 11 is 0. The number of benzene rings is 2. The van der Waals surface area contributed by atoms with E-state index in [1.165, 1.54) is 0 Å². The molecule has 4 heteroatoms. The Labute approximate surface area is 116 Å². The van der Waals surface area contributed by atoms with E-state index in [4.69, 9.17) is 4.52 Å². The first-order chi connectivity index (χ1) is 9.74. The van der Waals surface area contributed by atoms with E-state index < -0.39 is 6.10 Å². The number of aliphatic hydroxyl groups excluding tert-OH is 1. The van der Waals surface area contributed by atoms with E-state index in [-0.39, 0.29) is 5.89 Å². The number of aryl methyl sites for hydroxylation is 1. The molecule has 0 aliphatic carbocycles. The van der Waals surface area contributed by atoms with Gasteiger partial charge >= 0.3 is 0 Å². The van der Waals surface area contributed by atoms with Gasteiger partial charge in [-0.3, -0.25) is 0 Å². The van der Waals surface area contributed by atoms with Crippen molar-refractivity contribution in [2.45, 2.75) is 13.0 Å². The standard InChI is InChI=1S/C16H14N2O2/c1-11-7-9-12(10-8-11)14(19)16-17-15(18-20-16)13-5-3-2-4-6-13/h2-10,14,19H,1H3. The maximum atomic E-state index is 10.2. The molecule has 1 aromatic heterocycles. The van der Waals surface area contributed by atoms with Crippen molar-refractivity contribution >= 4 is 0 Å². The zero-order valence-corrected chi connectivity index (χ0v) is 11.0. The third-order valence-electron chi connectivity index (χ3n) is 3.10. The van der Waals surface area contributed by atoms with Crippen molar-refractivity contribution in [2.24, 2.45) is 0 Å². The summed E-state index contributed by atoms with van der Waals surface area (Å²) in [4.78, 5) is 4.25. The summed E-state index contributed by atoms with van der Waals surface area (Å²) in [6.07, 6.45) is -0.902. The number of aromatic nitrogens is 2. The van der Waals surface area contributed by atoms with Gasteiger partial charge in [0.25, 0.3) is 5.89 Å². The largest absolute Gasteiger partial charge is 0.378 e. The second-order valence-corrected chi connectivity index (χ2v) is 4.64. The number of hydrogen-bond donors (Lipinski definition) is 1. The minimum absolute atomic E-state index is 0.202. The molecule has 0 radical (unpaired) electrons. The Morgan fingerprint density at radius 3 is 2.40 bits per heavy atom. The van der Waals surface area contributed by atoms with Crippen LogP contribution in [0.2, 0.25) is 0 Å². The number of hydrogen-bond acceptors (Lipinski definition) is 4. The first-order valence-corrected chi connectivity index (χ1v) is 6.38. The quantitative estimate of drug-likeness (QED) is 0.791. The average molecular weight is 266 g/mol. The van der Waals surface area contributed by atoms with Gasteiger partial charge in [0.15, 0.2) is 6.10 Å². The van der Waals surface area contributed by atoms with Crippen LogP contribution in [-0.4, -0.2) is 15.2 Å². The van der Waals surface area contributed by atoms with E-state index >= 15 is 0 Å². The van der Waals surface area contributed by atoms with E-state index in [1.54, 1.807) is 0 Å². The lowest BCUT2D eigenvalue weighted by molar-refractivity contribution is 0.170. The van der Waals surface area contributed by atoms with Crippen LogP contribution in [0.1, 0.15) is 23.1 Å². The highest BCUT2D eigenvalue weighted by molar-refractivity contribution is 5.53. The minimum Gasteiger partial charge on any atom is -0.378 e. The van der Waals surface area contributed by atoms with Crippen molar-refractivity contribution in [1.29, 1.82) is 0 Å². The van der Waals surface area contributed by atoms with Crippen LogP contribution in [-0.2, 0) is 0 Å². The molecule has 0 aliphatic heterocycles. The number of nitrogens with zero attached hydrogens (tertiary/aromatic N) is 2. The first-order valence-electron chi connectivity index (χ1n) is 6.38. The summed E-state index contributed by atoms with van der Waals surface area (Å²) in [5, 5.41) is 14.2. The fourth-order valence-electron chi connectivity index (χ4n) is 1.94. The Hall–Kier alpha value is -2.46. The summed E-state index contributed by atoms with van der Waals surface area (Å²) in [5.41, 5.74) is 2.73. The maximum Gasteiger partial charge on any atom is 0.260 e. The van der Waals surface area contributed by atoms with Gasteiger partial charge in [-0.05, 0) is 12.5 Å². The normalized spacial score (nSPS) is 12.3. The molecule has 3 aromatic rings. The average Bonchev–Trinajstić information content (AvgIpc) is 2.98. The van der Waals surface area contributed by atoms with E-state index in [1.807, 2.05) is 61.5 Å². The molecule has 0 amide bonds. The highest BCUT2D eigenvalue weighted by atomic mass is 16.5. The zero-order valence-electron chi connectivity index (χ0n) is 11.0. The summed E-state index contributed by atoms with van der Waals surface area (Å²) in [6, 6.07) is 17.1. The molecule has 0 saturated carbocycles. The van der Waals surface area contributed by atoms with Gasteiger partial charge < -0.3 is 9.63 Å². The second-order valence-electron chi connectivity index (χ2n) is 4.64. The van der Waals surface area contributed by atoms with Crippen LogP contribution in [0.4, 0.5) is 0 Å². The van der Waals surface area contributed by atoms with Crippen LogP contribution < -0.4 is 0 Å². The molecule has 1 heterocycles. The van der Waals surface area contributed by atoms with Crippen LogP contribution in [0.5, 0.6) is 0 Å². The van der Waals surface area contributed by atoms with Crippen molar-refractivity contribution in [3.63, 3.8) is 0 Å². The smallest absolute Gasteiger partial charge is 0.260 e. The van der Waals surface area contributed by atoms with Crippen molar-refractivity contribution in [1.82, 2.24) is 10.1 Å². The summed E-state index contributed by atoms with van der Waals surface area (Å²) in [5.74, 6) is 0.680. The lowest BCUT2D eigenvalue weighted by atomic mass is 10.1. The van der Waals surface area contributed by atoms with Gasteiger partial charge in [0, 0.05) is 5.56 Å². The zero-order chi connectivity index (χ0) is 13.9. The fraction of sp³-hybridized carbons (Fsp3) is 0.125. The molecule has 0 spiro atoms. The molecule has 4 nitrogen and oxygen atoms in total. The first kappa shape index (κ1) is 12.6. The highest BCUT2D eigenvalue weighted by Crippen LogP contribution is 2.23. The van der Waals surface area contributed by atoms with Crippen molar-refractivity contribution in [2.75, 3.05) is 0 Å². The van der Waals surface area contributed by atoms with Crippen LogP contribution in [0.3, 0.4) is 0 Å². The maximum absolute atomic E-state index is 10.2. The molecule has 1 N–H and O–H groups in total. The molecule has 100 valence electrons. The van der Waals surface area contributed by atoms with Gasteiger partial charge in [-0.1, -0.05) is 65.3 Å². The van der Waals surface area contributed by atoms with E-state index in [0.717, 1.165) is 16.7 Å². The lowest BCUT2D eigenvalue weighted by Gasteiger charge is -2.05. The molecule has 1 atom stereocenters. The summed E-state index contributed by atoms with van der Waals surface area (Å²) in [7, 11) is 0. The minimum atomic E-state index is -0.902. The van der Waals surface area contributed by atoms with Crippen LogP contribution in [0.25, 0.3) is 11.4 Å². The Balaban J connectivity index is 1.88. The molecule has 1 unspecified atom stereocenters. The molecule has 2 aromatic carbocycles. The van der Waals surface area contributed by atoms with Crippen LogP contribution in [0.15, 0.2) is 59.1 Å². The Kier molecular flexibility index (Phi) is 3.31. The van der Waals surface area contributed by atoms with Crippen LogP contribution in [0, 0.1) is 6.92 Å². The molecule has 3 rings (SSSR count). The monoisotopic (exact) mass is 266 g/mol. The van der Waals surface area contributed by atoms with Gasteiger partial charge in [0.05, 0.1) is 0 Å². The third kappa shape index (κ3) is 2.46. The Morgan fingerprint density at radius 2 is 1.70 bits per heavy atom. The Morgan fingerprint density at radius 1 is 1.00 bits per heavy atom. The van der Waals surface area contributed by atoms with E-state index in [0.29, 0.717) is 5.82 Å². The van der Waals surface area contributed by atoms with Crippen molar-refractivity contribution in [3.05, 3.63) is 71.6 Å². The van der Waals surface area contributed by atoms with E-state index in [2.05, 4.69) is 10.1 Å². The topological polar surface area (TPSA) is 59.2 Å². The van der Waals surface area contributed by atoms with Gasteiger partial charge in [0.1, 0.15) is 0 Å². The second kappa shape index (κ2) is 5.27. The van der Waals surface area contributed by atoms with Gasteiger partial charge in [0.2, 0.25) is 5.82 Å². The molecule has 20 heavy (non-hydrogen) atoms. The lowest BCUT2D eigenvalue weighted by Crippen LogP contribution is -1.99. The number of rotatable bonds is 3. The SMILES string of the molecule is Cc1ccc(C(O)c2nc(-c3ccccc3)no2)cc1. The van der Waals surface area contributed by atoms with Gasteiger partial charge in [-0.25, -0.2) is 0 Å². The molecule has 0 aliphatic rings.